The maximum atomic E-state index is 13.0. The van der Waals surface area contributed by atoms with E-state index in [1.165, 1.54) is 0 Å². The van der Waals surface area contributed by atoms with Crippen molar-refractivity contribution in [1.82, 2.24) is 0 Å². The summed E-state index contributed by atoms with van der Waals surface area (Å²) in [5.41, 5.74) is 4.58. The van der Waals surface area contributed by atoms with Gasteiger partial charge in [-0.1, -0.05) is 84.4 Å². The Morgan fingerprint density at radius 1 is 0.840 bits per heavy atom. The number of nitrogens with one attached hydrogen (secondary N) is 1. The highest BCUT2D eigenvalue weighted by Crippen LogP contribution is 2.31. The smallest absolute Gasteiger partial charge is 0.256 e. The fourth-order valence-corrected chi connectivity index (χ4v) is 3.40. The molecule has 1 N–H and O–H groups in total. The van der Waals surface area contributed by atoms with E-state index >= 15 is 0 Å². The Hall–Kier alpha value is -2.39. The highest BCUT2D eigenvalue weighted by Gasteiger charge is 2.16. The minimum atomic E-state index is -0.0977. The van der Waals surface area contributed by atoms with Crippen LogP contribution in [0.5, 0.6) is 0 Å². The average Bonchev–Trinajstić information content (AvgIpc) is 2.62. The first-order valence-electron chi connectivity index (χ1n) is 8.32. The maximum Gasteiger partial charge on any atom is 0.256 e. The molecule has 3 heteroatoms. The van der Waals surface area contributed by atoms with Crippen LogP contribution in [0.3, 0.4) is 0 Å². The molecule has 0 spiro atoms. The van der Waals surface area contributed by atoms with Crippen molar-refractivity contribution in [2.24, 2.45) is 0 Å². The molecule has 0 radical (unpaired) electrons. The van der Waals surface area contributed by atoms with E-state index in [0.717, 1.165) is 26.9 Å². The van der Waals surface area contributed by atoms with Gasteiger partial charge in [0.25, 0.3) is 5.91 Å². The molecule has 0 unspecified atom stereocenters. The van der Waals surface area contributed by atoms with Crippen LogP contribution in [0.2, 0.25) is 0 Å². The number of carbonyl (C=O) groups excluding carboxylic acids is 1. The summed E-state index contributed by atoms with van der Waals surface area (Å²) < 4.78 is 0.970. The topological polar surface area (TPSA) is 29.1 Å². The van der Waals surface area contributed by atoms with E-state index in [1.807, 2.05) is 66.7 Å². The maximum absolute atomic E-state index is 13.0. The number of para-hydroxylation sites is 1. The van der Waals surface area contributed by atoms with Crippen molar-refractivity contribution in [3.05, 3.63) is 88.4 Å². The Kier molecular flexibility index (Phi) is 5.34. The van der Waals surface area contributed by atoms with Crippen LogP contribution in [0.4, 0.5) is 5.69 Å². The second kappa shape index (κ2) is 7.66. The fraction of sp³-hybridized carbons (Fsp3) is 0.136. The van der Waals surface area contributed by atoms with Gasteiger partial charge in [-0.15, -0.1) is 0 Å². The minimum absolute atomic E-state index is 0.0977. The lowest BCUT2D eigenvalue weighted by atomic mass is 9.98. The number of anilines is 1. The lowest BCUT2D eigenvalue weighted by Crippen LogP contribution is -2.14. The number of rotatable bonds is 4. The van der Waals surface area contributed by atoms with Crippen LogP contribution < -0.4 is 5.32 Å². The third-order valence-electron chi connectivity index (χ3n) is 4.17. The van der Waals surface area contributed by atoms with Gasteiger partial charge in [-0.25, -0.2) is 0 Å². The van der Waals surface area contributed by atoms with Crippen LogP contribution in [0, 0.1) is 0 Å². The molecule has 1 amide bonds. The van der Waals surface area contributed by atoms with Crippen LogP contribution in [-0.2, 0) is 0 Å². The number of hydrogen-bond acceptors (Lipinski definition) is 1. The van der Waals surface area contributed by atoms with Gasteiger partial charge in [-0.3, -0.25) is 4.79 Å². The monoisotopic (exact) mass is 393 g/mol. The first kappa shape index (κ1) is 17.4. The Morgan fingerprint density at radius 2 is 1.44 bits per heavy atom. The zero-order valence-electron chi connectivity index (χ0n) is 14.3. The molecule has 0 fully saturated rings. The lowest BCUT2D eigenvalue weighted by molar-refractivity contribution is 0.102. The normalized spacial score (nSPS) is 10.7. The standard InChI is InChI=1S/C22H20BrNO/c1-15(2)16-9-6-8-14-21(16)24-22(25)19-12-4-3-10-17(19)18-11-5-7-13-20(18)23/h3-15H,1-2H3,(H,24,25). The summed E-state index contributed by atoms with van der Waals surface area (Å²) in [5.74, 6) is 0.245. The SMILES string of the molecule is CC(C)c1ccccc1NC(=O)c1ccccc1-c1ccccc1Br. The minimum Gasteiger partial charge on any atom is -0.322 e. The van der Waals surface area contributed by atoms with Crippen LogP contribution >= 0.6 is 15.9 Å². The number of amides is 1. The summed E-state index contributed by atoms with van der Waals surface area (Å²) in [6.45, 7) is 4.25. The van der Waals surface area contributed by atoms with Crippen LogP contribution in [0.1, 0.15) is 35.7 Å². The molecule has 0 bridgehead atoms. The largest absolute Gasteiger partial charge is 0.322 e. The second-order valence-electron chi connectivity index (χ2n) is 6.22. The third kappa shape index (κ3) is 3.83. The molecule has 25 heavy (non-hydrogen) atoms. The van der Waals surface area contributed by atoms with Crippen molar-refractivity contribution in [3.8, 4) is 11.1 Å². The molecule has 0 aromatic heterocycles. The zero-order chi connectivity index (χ0) is 17.8. The molecule has 3 aromatic rings. The quantitative estimate of drug-likeness (QED) is 0.538. The lowest BCUT2D eigenvalue weighted by Gasteiger charge is -2.15. The molecule has 0 aliphatic carbocycles. The number of carbonyl (C=O) groups is 1. The van der Waals surface area contributed by atoms with Crippen molar-refractivity contribution >= 4 is 27.5 Å². The summed E-state index contributed by atoms with van der Waals surface area (Å²) >= 11 is 3.58. The predicted octanol–water partition coefficient (Wildman–Crippen LogP) is 6.49. The van der Waals surface area contributed by atoms with E-state index in [9.17, 15) is 4.79 Å². The van der Waals surface area contributed by atoms with Gasteiger partial charge in [0.2, 0.25) is 0 Å². The zero-order valence-corrected chi connectivity index (χ0v) is 15.9. The predicted molar refractivity (Wildman–Crippen MR) is 108 cm³/mol. The van der Waals surface area contributed by atoms with Gasteiger partial charge in [-0.05, 0) is 40.8 Å². The Morgan fingerprint density at radius 3 is 2.16 bits per heavy atom. The highest BCUT2D eigenvalue weighted by atomic mass is 79.9. The van der Waals surface area contributed by atoms with Gasteiger partial charge in [0.15, 0.2) is 0 Å². The van der Waals surface area contributed by atoms with Crippen LogP contribution in [0.25, 0.3) is 11.1 Å². The molecule has 0 saturated heterocycles. The van der Waals surface area contributed by atoms with Crippen molar-refractivity contribution < 1.29 is 4.79 Å². The van der Waals surface area contributed by atoms with Gasteiger partial charge in [0, 0.05) is 15.7 Å². The fourth-order valence-electron chi connectivity index (χ4n) is 2.90. The van der Waals surface area contributed by atoms with Crippen molar-refractivity contribution in [3.63, 3.8) is 0 Å². The molecule has 3 aromatic carbocycles. The van der Waals surface area contributed by atoms with Crippen molar-refractivity contribution in [2.75, 3.05) is 5.32 Å². The van der Waals surface area contributed by atoms with Crippen molar-refractivity contribution in [2.45, 2.75) is 19.8 Å². The molecule has 3 rings (SSSR count). The highest BCUT2D eigenvalue weighted by molar-refractivity contribution is 9.10. The Labute approximate surface area is 157 Å². The summed E-state index contributed by atoms with van der Waals surface area (Å²) in [6.07, 6.45) is 0. The van der Waals surface area contributed by atoms with E-state index in [4.69, 9.17) is 0 Å². The van der Waals surface area contributed by atoms with Gasteiger partial charge < -0.3 is 5.32 Å². The summed E-state index contributed by atoms with van der Waals surface area (Å²) in [7, 11) is 0. The molecule has 0 atom stereocenters. The van der Waals surface area contributed by atoms with Crippen LogP contribution in [-0.4, -0.2) is 5.91 Å². The summed E-state index contributed by atoms with van der Waals surface area (Å²) in [6, 6.07) is 23.6. The molecular weight excluding hydrogens is 374 g/mol. The molecular formula is C22H20BrNO. The van der Waals surface area contributed by atoms with Gasteiger partial charge in [0.05, 0.1) is 0 Å². The van der Waals surface area contributed by atoms with E-state index in [2.05, 4.69) is 41.2 Å². The molecule has 0 aliphatic heterocycles. The van der Waals surface area contributed by atoms with E-state index in [0.29, 0.717) is 11.5 Å². The van der Waals surface area contributed by atoms with Gasteiger partial charge >= 0.3 is 0 Å². The van der Waals surface area contributed by atoms with E-state index in [-0.39, 0.29) is 5.91 Å². The Bertz CT molecular complexity index is 902. The molecule has 0 heterocycles. The molecule has 2 nitrogen and oxygen atoms in total. The first-order chi connectivity index (χ1) is 12.1. The molecule has 0 aliphatic rings. The van der Waals surface area contributed by atoms with E-state index in [1.54, 1.807) is 0 Å². The van der Waals surface area contributed by atoms with Crippen LogP contribution in [0.15, 0.2) is 77.3 Å². The molecule has 0 saturated carbocycles. The Balaban J connectivity index is 1.99. The average molecular weight is 394 g/mol. The summed E-state index contributed by atoms with van der Waals surface area (Å²) in [5, 5.41) is 3.08. The molecule has 126 valence electrons. The number of benzene rings is 3. The number of halogens is 1. The van der Waals surface area contributed by atoms with Gasteiger partial charge in [-0.2, -0.15) is 0 Å². The second-order valence-corrected chi connectivity index (χ2v) is 7.08. The van der Waals surface area contributed by atoms with Gasteiger partial charge in [0.1, 0.15) is 0 Å². The first-order valence-corrected chi connectivity index (χ1v) is 9.11. The summed E-state index contributed by atoms with van der Waals surface area (Å²) in [4.78, 5) is 13.0. The van der Waals surface area contributed by atoms with Crippen molar-refractivity contribution in [1.29, 1.82) is 0 Å². The van der Waals surface area contributed by atoms with E-state index < -0.39 is 0 Å². The number of hydrogen-bond donors (Lipinski definition) is 1. The third-order valence-corrected chi connectivity index (χ3v) is 4.86.